The molecule has 4 fully saturated rings. The Labute approximate surface area is 162 Å². The van der Waals surface area contributed by atoms with Gasteiger partial charge in [-0.25, -0.2) is 9.50 Å². The zero-order valence-electron chi connectivity index (χ0n) is 15.8. The number of fused-ring (bicyclic) bond motifs is 2. The van der Waals surface area contributed by atoms with E-state index in [4.69, 9.17) is 10.5 Å². The molecule has 150 valence electrons. The van der Waals surface area contributed by atoms with Gasteiger partial charge < -0.3 is 25.6 Å². The van der Waals surface area contributed by atoms with Gasteiger partial charge in [0.1, 0.15) is 5.60 Å². The van der Waals surface area contributed by atoms with Gasteiger partial charge in [0.2, 0.25) is 5.91 Å². The van der Waals surface area contributed by atoms with Crippen LogP contribution in [0.2, 0.25) is 0 Å². The van der Waals surface area contributed by atoms with Crippen molar-refractivity contribution in [2.24, 2.45) is 23.0 Å². The predicted octanol–water partition coefficient (Wildman–Crippen LogP) is -0.223. The Balaban J connectivity index is 1.58. The van der Waals surface area contributed by atoms with Crippen molar-refractivity contribution in [3.63, 3.8) is 0 Å². The summed E-state index contributed by atoms with van der Waals surface area (Å²) in [5.41, 5.74) is 6.22. The van der Waals surface area contributed by atoms with E-state index in [0.717, 1.165) is 25.2 Å². The van der Waals surface area contributed by atoms with Crippen LogP contribution in [0.1, 0.15) is 31.2 Å². The molecule has 2 bridgehead atoms. The molecule has 4 N–H and O–H groups in total. The molecule has 0 spiro atoms. The fourth-order valence-electron chi connectivity index (χ4n) is 5.30. The number of rotatable bonds is 5. The van der Waals surface area contributed by atoms with E-state index < -0.39 is 22.8 Å². The van der Waals surface area contributed by atoms with Crippen molar-refractivity contribution in [1.29, 1.82) is 0 Å². The molecule has 4 aliphatic rings. The van der Waals surface area contributed by atoms with Crippen molar-refractivity contribution in [1.82, 2.24) is 14.6 Å². The zero-order chi connectivity index (χ0) is 19.7. The van der Waals surface area contributed by atoms with E-state index in [-0.39, 0.29) is 19.8 Å². The molecule has 1 amide bonds. The van der Waals surface area contributed by atoms with Gasteiger partial charge in [-0.2, -0.15) is 0 Å². The lowest BCUT2D eigenvalue weighted by molar-refractivity contribution is -0.153. The summed E-state index contributed by atoms with van der Waals surface area (Å²) < 4.78 is 7.60. The second-order valence-corrected chi connectivity index (χ2v) is 8.64. The van der Waals surface area contributed by atoms with E-state index in [1.807, 2.05) is 12.3 Å². The zero-order valence-corrected chi connectivity index (χ0v) is 15.8. The number of ether oxygens (including phenoxy) is 1. The second kappa shape index (κ2) is 5.88. The summed E-state index contributed by atoms with van der Waals surface area (Å²) in [4.78, 5) is 19.0. The number of hydrogen-bond acceptors (Lipinski definition) is 7. The van der Waals surface area contributed by atoms with E-state index in [1.54, 1.807) is 4.52 Å². The van der Waals surface area contributed by atoms with E-state index in [0.29, 0.717) is 29.4 Å². The Hall–Kier alpha value is -2.23. The standard InChI is InChI=1S/C19H25N5O4/c1-11-2-3-23(5-11)13-4-12(7-25)16-21-17(22-24(16)6-13)19-8-18(9-26,10-28-19)14(19)15(20)27/h4,6,11,14,25-26H,2-3,5,7-10H2,1H3,(H2,20,27). The van der Waals surface area contributed by atoms with Crippen LogP contribution < -0.4 is 10.6 Å². The molecular formula is C19H25N5O4. The number of aliphatic hydroxyl groups excluding tert-OH is 2. The Kier molecular flexibility index (Phi) is 3.75. The Morgan fingerprint density at radius 2 is 2.29 bits per heavy atom. The second-order valence-electron chi connectivity index (χ2n) is 8.64. The number of amides is 1. The first-order valence-electron chi connectivity index (χ1n) is 9.72. The minimum absolute atomic E-state index is 0.158. The molecular weight excluding hydrogens is 362 g/mol. The van der Waals surface area contributed by atoms with Gasteiger partial charge in [0, 0.05) is 24.1 Å². The molecule has 2 aromatic heterocycles. The lowest BCUT2D eigenvalue weighted by atomic mass is 9.53. The van der Waals surface area contributed by atoms with Gasteiger partial charge in [-0.1, -0.05) is 6.92 Å². The van der Waals surface area contributed by atoms with Gasteiger partial charge in [-0.15, -0.1) is 5.10 Å². The summed E-state index contributed by atoms with van der Waals surface area (Å²) in [5.74, 6) is -0.146. The van der Waals surface area contributed by atoms with Crippen molar-refractivity contribution in [2.45, 2.75) is 32.0 Å². The van der Waals surface area contributed by atoms with Crippen LogP contribution in [0.3, 0.4) is 0 Å². The van der Waals surface area contributed by atoms with Gasteiger partial charge in [0.05, 0.1) is 37.6 Å². The third-order valence-corrected chi connectivity index (χ3v) is 6.74. The minimum Gasteiger partial charge on any atom is -0.396 e. The molecule has 3 aliphatic heterocycles. The van der Waals surface area contributed by atoms with E-state index in [9.17, 15) is 15.0 Å². The maximum absolute atomic E-state index is 12.1. The first-order valence-corrected chi connectivity index (χ1v) is 9.72. The van der Waals surface area contributed by atoms with Crippen molar-refractivity contribution >= 4 is 17.2 Å². The molecule has 6 rings (SSSR count). The first-order chi connectivity index (χ1) is 13.4. The molecule has 5 heterocycles. The molecule has 4 unspecified atom stereocenters. The molecule has 0 radical (unpaired) electrons. The van der Waals surface area contributed by atoms with Crippen molar-refractivity contribution in [3.05, 3.63) is 23.7 Å². The predicted molar refractivity (Wildman–Crippen MR) is 99.4 cm³/mol. The maximum atomic E-state index is 12.1. The lowest BCUT2D eigenvalue weighted by Gasteiger charge is -2.48. The van der Waals surface area contributed by atoms with Gasteiger partial charge in [0.15, 0.2) is 11.5 Å². The van der Waals surface area contributed by atoms with E-state index in [2.05, 4.69) is 21.9 Å². The number of aliphatic hydroxyl groups is 2. The summed E-state index contributed by atoms with van der Waals surface area (Å²) in [6.07, 6.45) is 3.51. The molecule has 9 heteroatoms. The minimum atomic E-state index is -0.990. The van der Waals surface area contributed by atoms with Crippen molar-refractivity contribution in [2.75, 3.05) is 31.2 Å². The average molecular weight is 387 g/mol. The number of carbonyl (C=O) groups is 1. The summed E-state index contributed by atoms with van der Waals surface area (Å²) in [7, 11) is 0. The van der Waals surface area contributed by atoms with Crippen LogP contribution in [0.5, 0.6) is 0 Å². The Morgan fingerprint density at radius 3 is 2.93 bits per heavy atom. The number of aromatic nitrogens is 3. The van der Waals surface area contributed by atoms with Crippen LogP contribution >= 0.6 is 0 Å². The normalized spacial score (nSPS) is 34.2. The van der Waals surface area contributed by atoms with Gasteiger partial charge in [0.25, 0.3) is 0 Å². The van der Waals surface area contributed by atoms with Gasteiger partial charge in [-0.3, -0.25) is 4.79 Å². The largest absolute Gasteiger partial charge is 0.396 e. The third kappa shape index (κ3) is 2.20. The average Bonchev–Trinajstić information content (AvgIpc) is 3.40. The number of carbonyl (C=O) groups excluding carboxylic acids is 1. The van der Waals surface area contributed by atoms with Crippen molar-refractivity contribution < 1.29 is 19.7 Å². The van der Waals surface area contributed by atoms with Crippen molar-refractivity contribution in [3.8, 4) is 0 Å². The number of pyridine rings is 1. The van der Waals surface area contributed by atoms with Crippen LogP contribution in [-0.2, 0) is 21.7 Å². The molecule has 9 nitrogen and oxygen atoms in total. The SMILES string of the molecule is CC1CCN(c2cc(CO)c3nc(C45CC(CO)(CO4)C5C(N)=O)nn3c2)C1. The highest BCUT2D eigenvalue weighted by Gasteiger charge is 2.74. The smallest absolute Gasteiger partial charge is 0.224 e. The van der Waals surface area contributed by atoms with Gasteiger partial charge >= 0.3 is 0 Å². The molecule has 2 aromatic rings. The highest BCUT2D eigenvalue weighted by Crippen LogP contribution is 2.66. The number of hydrogen-bond donors (Lipinski definition) is 3. The highest BCUT2D eigenvalue weighted by molar-refractivity contribution is 5.81. The third-order valence-electron chi connectivity index (χ3n) is 6.74. The summed E-state index contributed by atoms with van der Waals surface area (Å²) in [6.45, 7) is 4.10. The van der Waals surface area contributed by atoms with E-state index in [1.165, 1.54) is 0 Å². The molecule has 1 aliphatic carbocycles. The van der Waals surface area contributed by atoms with Crippen LogP contribution in [0.15, 0.2) is 12.3 Å². The number of primary amides is 1. The summed E-state index contributed by atoms with van der Waals surface area (Å²) >= 11 is 0. The van der Waals surface area contributed by atoms with Crippen LogP contribution in [0.4, 0.5) is 5.69 Å². The topological polar surface area (TPSA) is 126 Å². The number of nitrogens with two attached hydrogens (primary N) is 1. The number of nitrogens with zero attached hydrogens (tertiary/aromatic N) is 4. The number of anilines is 1. The molecule has 28 heavy (non-hydrogen) atoms. The molecule has 0 aromatic carbocycles. The summed E-state index contributed by atoms with van der Waals surface area (Å²) in [6, 6.07) is 1.95. The lowest BCUT2D eigenvalue weighted by Crippen LogP contribution is -2.60. The fourth-order valence-corrected chi connectivity index (χ4v) is 5.30. The van der Waals surface area contributed by atoms with Gasteiger partial charge in [-0.05, 0) is 24.8 Å². The Bertz CT molecular complexity index is 961. The molecule has 4 atom stereocenters. The monoisotopic (exact) mass is 387 g/mol. The highest BCUT2D eigenvalue weighted by atomic mass is 16.5. The Morgan fingerprint density at radius 1 is 1.46 bits per heavy atom. The van der Waals surface area contributed by atoms with E-state index >= 15 is 0 Å². The molecule has 1 saturated carbocycles. The van der Waals surface area contributed by atoms with Crippen LogP contribution in [0.25, 0.3) is 5.65 Å². The quantitative estimate of drug-likeness (QED) is 0.647. The maximum Gasteiger partial charge on any atom is 0.224 e. The fraction of sp³-hybridized carbons (Fsp3) is 0.632. The van der Waals surface area contributed by atoms with Crippen LogP contribution in [0, 0.1) is 17.3 Å². The summed E-state index contributed by atoms with van der Waals surface area (Å²) in [5, 5.41) is 24.3. The molecule has 3 saturated heterocycles. The first kappa shape index (κ1) is 17.8. The van der Waals surface area contributed by atoms with Crippen LogP contribution in [-0.4, -0.2) is 57.0 Å².